The highest BCUT2D eigenvalue weighted by Gasteiger charge is 2.12. The van der Waals surface area contributed by atoms with Crippen molar-refractivity contribution in [3.05, 3.63) is 36.4 Å². The predicted molar refractivity (Wildman–Crippen MR) is 92.9 cm³/mol. The molecular weight excluding hydrogens is 290 g/mol. The Morgan fingerprint density at radius 1 is 1.13 bits per heavy atom. The first-order valence-corrected chi connectivity index (χ1v) is 7.76. The van der Waals surface area contributed by atoms with Crippen LogP contribution in [-0.2, 0) is 0 Å². The third-order valence-electron chi connectivity index (χ3n) is 3.39. The molecule has 0 aliphatic heterocycles. The third-order valence-corrected chi connectivity index (χ3v) is 3.39. The first-order valence-electron chi connectivity index (χ1n) is 7.76. The molecule has 0 radical (unpaired) electrons. The summed E-state index contributed by atoms with van der Waals surface area (Å²) in [6, 6.07) is 11.5. The van der Waals surface area contributed by atoms with Crippen LogP contribution < -0.4 is 15.2 Å². The zero-order valence-electron chi connectivity index (χ0n) is 13.6. The van der Waals surface area contributed by atoms with Gasteiger partial charge in [0.1, 0.15) is 5.82 Å². The predicted octanol–water partition coefficient (Wildman–Crippen LogP) is 4.00. The minimum absolute atomic E-state index is 0.0919. The second-order valence-electron chi connectivity index (χ2n) is 5.62. The molecule has 0 bridgehead atoms. The molecule has 5 nitrogen and oxygen atoms in total. The molecule has 0 saturated heterocycles. The largest absolute Gasteiger partial charge is 0.490 e. The fraction of sp³-hybridized carbons (Fsp3) is 0.278. The second-order valence-corrected chi connectivity index (χ2v) is 5.62. The Morgan fingerprint density at radius 2 is 1.96 bits per heavy atom. The third kappa shape index (κ3) is 3.23. The van der Waals surface area contributed by atoms with Gasteiger partial charge in [-0.25, -0.2) is 4.98 Å². The molecule has 0 saturated carbocycles. The van der Waals surface area contributed by atoms with Crippen molar-refractivity contribution in [3.63, 3.8) is 0 Å². The highest BCUT2D eigenvalue weighted by molar-refractivity contribution is 5.82. The number of rotatable bonds is 5. The van der Waals surface area contributed by atoms with Crippen molar-refractivity contribution in [1.82, 2.24) is 9.97 Å². The highest BCUT2D eigenvalue weighted by atomic mass is 16.5. The number of hydrogen-bond acceptors (Lipinski definition) is 4. The molecule has 120 valence electrons. The number of H-pyrrole nitrogens is 1. The van der Waals surface area contributed by atoms with Crippen LogP contribution in [0, 0.1) is 0 Å². The van der Waals surface area contributed by atoms with Crippen molar-refractivity contribution >= 4 is 16.7 Å². The minimum atomic E-state index is 0.0919. The number of nitrogens with zero attached hydrogens (tertiary/aromatic N) is 1. The number of ether oxygens (including phenoxy) is 2. The summed E-state index contributed by atoms with van der Waals surface area (Å²) in [6.45, 7) is 6.52. The van der Waals surface area contributed by atoms with E-state index in [-0.39, 0.29) is 6.10 Å². The molecular formula is C18H21N3O2. The van der Waals surface area contributed by atoms with Gasteiger partial charge in [0.15, 0.2) is 11.5 Å². The van der Waals surface area contributed by atoms with Crippen molar-refractivity contribution in [3.8, 4) is 22.9 Å². The summed E-state index contributed by atoms with van der Waals surface area (Å²) in [5, 5.41) is 0. The number of nitrogens with two attached hydrogens (primary N) is 1. The molecule has 0 spiro atoms. The van der Waals surface area contributed by atoms with E-state index in [1.807, 2.05) is 57.2 Å². The van der Waals surface area contributed by atoms with Gasteiger partial charge in [-0.15, -0.1) is 0 Å². The van der Waals surface area contributed by atoms with Crippen LogP contribution in [0.2, 0.25) is 0 Å². The van der Waals surface area contributed by atoms with Gasteiger partial charge in [-0.2, -0.15) is 0 Å². The summed E-state index contributed by atoms with van der Waals surface area (Å²) in [5.74, 6) is 2.24. The zero-order chi connectivity index (χ0) is 16.4. The Morgan fingerprint density at radius 3 is 2.70 bits per heavy atom. The molecule has 0 fully saturated rings. The van der Waals surface area contributed by atoms with E-state index in [4.69, 9.17) is 15.2 Å². The second kappa shape index (κ2) is 6.20. The van der Waals surface area contributed by atoms with E-state index in [9.17, 15) is 0 Å². The van der Waals surface area contributed by atoms with Crippen molar-refractivity contribution in [2.75, 3.05) is 12.3 Å². The van der Waals surface area contributed by atoms with Gasteiger partial charge in [-0.05, 0) is 57.2 Å². The molecule has 3 N–H and O–H groups in total. The van der Waals surface area contributed by atoms with Crippen LogP contribution in [0.15, 0.2) is 36.4 Å². The Labute approximate surface area is 135 Å². The van der Waals surface area contributed by atoms with Crippen LogP contribution in [0.1, 0.15) is 20.8 Å². The van der Waals surface area contributed by atoms with Crippen LogP contribution in [0.25, 0.3) is 22.4 Å². The Kier molecular flexibility index (Phi) is 4.10. The quantitative estimate of drug-likeness (QED) is 0.699. The van der Waals surface area contributed by atoms with Gasteiger partial charge in [0.25, 0.3) is 0 Å². The van der Waals surface area contributed by atoms with Gasteiger partial charge in [0, 0.05) is 11.3 Å². The average Bonchev–Trinajstić information content (AvgIpc) is 2.91. The zero-order valence-corrected chi connectivity index (χ0v) is 13.6. The lowest BCUT2D eigenvalue weighted by Gasteiger charge is -2.15. The molecule has 2 aromatic carbocycles. The standard InChI is InChI=1S/C18H21N3O2/c1-4-22-17-9-12(5-8-16(17)23-11(2)3)18-20-14-7-6-13(19)10-15(14)21-18/h5-11H,4,19H2,1-3H3,(H,20,21). The smallest absolute Gasteiger partial charge is 0.161 e. The van der Waals surface area contributed by atoms with E-state index in [0.717, 1.165) is 33.9 Å². The van der Waals surface area contributed by atoms with E-state index in [1.54, 1.807) is 0 Å². The van der Waals surface area contributed by atoms with Crippen molar-refractivity contribution in [1.29, 1.82) is 0 Å². The monoisotopic (exact) mass is 311 g/mol. The molecule has 0 amide bonds. The van der Waals surface area contributed by atoms with E-state index >= 15 is 0 Å². The summed E-state index contributed by atoms with van der Waals surface area (Å²) in [5.41, 5.74) is 9.27. The summed E-state index contributed by atoms with van der Waals surface area (Å²) in [7, 11) is 0. The summed E-state index contributed by atoms with van der Waals surface area (Å²) in [4.78, 5) is 7.90. The fourth-order valence-electron chi connectivity index (χ4n) is 2.44. The Hall–Kier alpha value is -2.69. The maximum Gasteiger partial charge on any atom is 0.161 e. The number of imidazole rings is 1. The van der Waals surface area contributed by atoms with E-state index in [1.165, 1.54) is 0 Å². The van der Waals surface area contributed by atoms with Crippen LogP contribution >= 0.6 is 0 Å². The lowest BCUT2D eigenvalue weighted by Crippen LogP contribution is -2.07. The number of aromatic nitrogens is 2. The van der Waals surface area contributed by atoms with Gasteiger partial charge < -0.3 is 20.2 Å². The molecule has 0 unspecified atom stereocenters. The van der Waals surface area contributed by atoms with Crippen molar-refractivity contribution < 1.29 is 9.47 Å². The number of hydrogen-bond donors (Lipinski definition) is 2. The molecule has 0 aliphatic carbocycles. The number of anilines is 1. The Bertz CT molecular complexity index is 824. The van der Waals surface area contributed by atoms with E-state index in [0.29, 0.717) is 12.3 Å². The molecule has 0 aliphatic rings. The Balaban J connectivity index is 2.02. The molecule has 1 aromatic heterocycles. The van der Waals surface area contributed by atoms with Crippen LogP contribution in [0.3, 0.4) is 0 Å². The number of nitrogen functional groups attached to an aromatic ring is 1. The topological polar surface area (TPSA) is 73.2 Å². The van der Waals surface area contributed by atoms with Gasteiger partial charge in [0.05, 0.1) is 23.7 Å². The lowest BCUT2D eigenvalue weighted by atomic mass is 10.2. The van der Waals surface area contributed by atoms with Gasteiger partial charge in [0.2, 0.25) is 0 Å². The molecule has 3 aromatic rings. The normalized spacial score (nSPS) is 11.1. The van der Waals surface area contributed by atoms with E-state index < -0.39 is 0 Å². The average molecular weight is 311 g/mol. The van der Waals surface area contributed by atoms with Crippen LogP contribution in [-0.4, -0.2) is 22.7 Å². The molecule has 1 heterocycles. The minimum Gasteiger partial charge on any atom is -0.490 e. The maximum atomic E-state index is 5.82. The molecule has 3 rings (SSSR count). The SMILES string of the molecule is CCOc1cc(-c2nc3ccc(N)cc3[nH]2)ccc1OC(C)C. The summed E-state index contributed by atoms with van der Waals surface area (Å²) in [6.07, 6.45) is 0.0919. The van der Waals surface area contributed by atoms with Crippen LogP contribution in [0.5, 0.6) is 11.5 Å². The van der Waals surface area contributed by atoms with E-state index in [2.05, 4.69) is 9.97 Å². The molecule has 23 heavy (non-hydrogen) atoms. The molecule has 5 heteroatoms. The van der Waals surface area contributed by atoms with Crippen molar-refractivity contribution in [2.45, 2.75) is 26.9 Å². The summed E-state index contributed by atoms with van der Waals surface area (Å²) >= 11 is 0. The van der Waals surface area contributed by atoms with Crippen LogP contribution in [0.4, 0.5) is 5.69 Å². The van der Waals surface area contributed by atoms with Gasteiger partial charge >= 0.3 is 0 Å². The first-order chi connectivity index (χ1) is 11.1. The lowest BCUT2D eigenvalue weighted by molar-refractivity contribution is 0.224. The molecule has 0 atom stereocenters. The first kappa shape index (κ1) is 15.2. The van der Waals surface area contributed by atoms with Gasteiger partial charge in [-0.1, -0.05) is 0 Å². The number of aromatic amines is 1. The maximum absolute atomic E-state index is 5.82. The number of fused-ring (bicyclic) bond motifs is 1. The van der Waals surface area contributed by atoms with Crippen molar-refractivity contribution in [2.24, 2.45) is 0 Å². The van der Waals surface area contributed by atoms with Gasteiger partial charge in [-0.3, -0.25) is 0 Å². The summed E-state index contributed by atoms with van der Waals surface area (Å²) < 4.78 is 11.5. The highest BCUT2D eigenvalue weighted by Crippen LogP contribution is 2.33. The fourth-order valence-corrected chi connectivity index (χ4v) is 2.44. The number of benzene rings is 2. The number of nitrogens with one attached hydrogen (secondary N) is 1.